The standard InChI is InChI=1S/C21H40O2/c1-5-7-17-13-19(14(3)10-20(17)22)12-16-9-15(4)21(23)18(11-16)8-6-2/h14-23H,5-13H2,1-4H3. The minimum Gasteiger partial charge on any atom is -0.393 e. The number of aliphatic hydroxyl groups excluding tert-OH is 2. The minimum atomic E-state index is -0.0790. The lowest BCUT2D eigenvalue weighted by molar-refractivity contribution is -0.0219. The zero-order chi connectivity index (χ0) is 17.0. The topological polar surface area (TPSA) is 40.5 Å². The van der Waals surface area contributed by atoms with Crippen LogP contribution >= 0.6 is 0 Å². The quantitative estimate of drug-likeness (QED) is 0.720. The van der Waals surface area contributed by atoms with Crippen LogP contribution in [0.15, 0.2) is 0 Å². The molecule has 2 heteroatoms. The molecular formula is C21H40O2. The third-order valence-corrected chi connectivity index (χ3v) is 6.93. The van der Waals surface area contributed by atoms with Crippen molar-refractivity contribution < 1.29 is 10.2 Å². The van der Waals surface area contributed by atoms with Gasteiger partial charge in [0, 0.05) is 0 Å². The highest BCUT2D eigenvalue weighted by atomic mass is 16.3. The molecule has 2 aliphatic rings. The minimum absolute atomic E-state index is 0.0684. The van der Waals surface area contributed by atoms with Gasteiger partial charge in [-0.05, 0) is 80.5 Å². The first kappa shape index (κ1) is 19.2. The predicted molar refractivity (Wildman–Crippen MR) is 97.2 cm³/mol. The van der Waals surface area contributed by atoms with Crippen molar-refractivity contribution in [2.24, 2.45) is 35.5 Å². The molecule has 0 saturated heterocycles. The van der Waals surface area contributed by atoms with Crippen LogP contribution in [-0.4, -0.2) is 22.4 Å². The maximum Gasteiger partial charge on any atom is 0.0594 e. The van der Waals surface area contributed by atoms with E-state index in [0.717, 1.165) is 18.3 Å². The van der Waals surface area contributed by atoms with Crippen molar-refractivity contribution in [2.75, 3.05) is 0 Å². The second kappa shape index (κ2) is 8.85. The van der Waals surface area contributed by atoms with Gasteiger partial charge in [-0.25, -0.2) is 0 Å². The summed E-state index contributed by atoms with van der Waals surface area (Å²) < 4.78 is 0. The van der Waals surface area contributed by atoms with Crippen LogP contribution in [0.1, 0.15) is 85.5 Å². The lowest BCUT2D eigenvalue weighted by atomic mass is 9.65. The summed E-state index contributed by atoms with van der Waals surface area (Å²) >= 11 is 0. The lowest BCUT2D eigenvalue weighted by Crippen LogP contribution is -2.39. The molecule has 2 rings (SSSR count). The molecule has 2 nitrogen and oxygen atoms in total. The third kappa shape index (κ3) is 4.95. The summed E-state index contributed by atoms with van der Waals surface area (Å²) in [6.45, 7) is 9.06. The van der Waals surface area contributed by atoms with E-state index in [1.54, 1.807) is 0 Å². The Kier molecular flexibility index (Phi) is 7.41. The molecule has 136 valence electrons. The second-order valence-electron chi connectivity index (χ2n) is 8.91. The normalized spacial score (nSPS) is 45.1. The second-order valence-corrected chi connectivity index (χ2v) is 8.91. The third-order valence-electron chi connectivity index (χ3n) is 6.93. The molecule has 8 unspecified atom stereocenters. The summed E-state index contributed by atoms with van der Waals surface area (Å²) in [6, 6.07) is 0. The molecule has 2 aliphatic carbocycles. The largest absolute Gasteiger partial charge is 0.393 e. The van der Waals surface area contributed by atoms with Gasteiger partial charge in [-0.3, -0.25) is 0 Å². The van der Waals surface area contributed by atoms with Crippen LogP contribution < -0.4 is 0 Å². The summed E-state index contributed by atoms with van der Waals surface area (Å²) in [6.07, 6.45) is 10.6. The van der Waals surface area contributed by atoms with Gasteiger partial charge in [-0.2, -0.15) is 0 Å². The van der Waals surface area contributed by atoms with Gasteiger partial charge in [-0.15, -0.1) is 0 Å². The Labute approximate surface area is 144 Å². The zero-order valence-corrected chi connectivity index (χ0v) is 15.9. The van der Waals surface area contributed by atoms with Crippen molar-refractivity contribution in [1.29, 1.82) is 0 Å². The zero-order valence-electron chi connectivity index (χ0n) is 15.9. The van der Waals surface area contributed by atoms with Gasteiger partial charge < -0.3 is 10.2 Å². The van der Waals surface area contributed by atoms with Gasteiger partial charge in [-0.1, -0.05) is 40.5 Å². The van der Waals surface area contributed by atoms with E-state index in [1.807, 2.05) is 0 Å². The first-order valence-corrected chi connectivity index (χ1v) is 10.3. The first-order valence-electron chi connectivity index (χ1n) is 10.3. The van der Waals surface area contributed by atoms with E-state index in [0.29, 0.717) is 23.7 Å². The highest BCUT2D eigenvalue weighted by Crippen LogP contribution is 2.44. The molecule has 0 aromatic heterocycles. The van der Waals surface area contributed by atoms with E-state index in [-0.39, 0.29) is 12.2 Å². The highest BCUT2D eigenvalue weighted by molar-refractivity contribution is 4.89. The number of rotatable bonds is 6. The van der Waals surface area contributed by atoms with Crippen LogP contribution in [0.25, 0.3) is 0 Å². The van der Waals surface area contributed by atoms with Crippen molar-refractivity contribution >= 4 is 0 Å². The molecule has 2 fully saturated rings. The molecule has 0 aliphatic heterocycles. The predicted octanol–water partition coefficient (Wildman–Crippen LogP) is 5.02. The Balaban J connectivity index is 1.94. The van der Waals surface area contributed by atoms with E-state index >= 15 is 0 Å². The first-order chi connectivity index (χ1) is 11.0. The Morgan fingerprint density at radius 1 is 0.739 bits per heavy atom. The SMILES string of the molecule is CCCC1CC(CC2CC(C)C(O)C(CCC)C2)C(C)CC1O. The summed E-state index contributed by atoms with van der Waals surface area (Å²) in [7, 11) is 0. The number of hydrogen-bond donors (Lipinski definition) is 2. The Morgan fingerprint density at radius 3 is 2.04 bits per heavy atom. The Bertz CT molecular complexity index is 343. The molecule has 8 atom stereocenters. The smallest absolute Gasteiger partial charge is 0.0594 e. The average molecular weight is 325 g/mol. The van der Waals surface area contributed by atoms with Gasteiger partial charge in [0.15, 0.2) is 0 Å². The van der Waals surface area contributed by atoms with Gasteiger partial charge in [0.2, 0.25) is 0 Å². The number of hydrogen-bond acceptors (Lipinski definition) is 2. The van der Waals surface area contributed by atoms with Crippen LogP contribution in [0.5, 0.6) is 0 Å². The Morgan fingerprint density at radius 2 is 1.39 bits per heavy atom. The average Bonchev–Trinajstić information content (AvgIpc) is 2.49. The van der Waals surface area contributed by atoms with Crippen LogP contribution in [0, 0.1) is 35.5 Å². The van der Waals surface area contributed by atoms with Crippen molar-refractivity contribution in [3.8, 4) is 0 Å². The summed E-state index contributed by atoms with van der Waals surface area (Å²) in [4.78, 5) is 0. The van der Waals surface area contributed by atoms with Crippen molar-refractivity contribution in [2.45, 2.75) is 97.7 Å². The molecule has 0 spiro atoms. The van der Waals surface area contributed by atoms with Crippen molar-refractivity contribution in [3.05, 3.63) is 0 Å². The molecule has 0 aromatic rings. The van der Waals surface area contributed by atoms with E-state index in [1.165, 1.54) is 51.4 Å². The Hall–Kier alpha value is -0.0800. The van der Waals surface area contributed by atoms with Gasteiger partial charge >= 0.3 is 0 Å². The van der Waals surface area contributed by atoms with Crippen LogP contribution in [0.3, 0.4) is 0 Å². The molecule has 2 saturated carbocycles. The van der Waals surface area contributed by atoms with Gasteiger partial charge in [0.05, 0.1) is 12.2 Å². The molecule has 0 heterocycles. The van der Waals surface area contributed by atoms with E-state index in [9.17, 15) is 10.2 Å². The van der Waals surface area contributed by atoms with Crippen molar-refractivity contribution in [3.63, 3.8) is 0 Å². The molecule has 0 radical (unpaired) electrons. The molecule has 23 heavy (non-hydrogen) atoms. The fourth-order valence-corrected chi connectivity index (χ4v) is 5.63. The summed E-state index contributed by atoms with van der Waals surface area (Å²) in [5.41, 5.74) is 0. The van der Waals surface area contributed by atoms with Crippen LogP contribution in [-0.2, 0) is 0 Å². The lowest BCUT2D eigenvalue weighted by Gasteiger charge is -2.43. The highest BCUT2D eigenvalue weighted by Gasteiger charge is 2.38. The van der Waals surface area contributed by atoms with Gasteiger partial charge in [0.25, 0.3) is 0 Å². The van der Waals surface area contributed by atoms with E-state index in [2.05, 4.69) is 27.7 Å². The maximum atomic E-state index is 10.5. The van der Waals surface area contributed by atoms with E-state index < -0.39 is 0 Å². The molecule has 0 amide bonds. The van der Waals surface area contributed by atoms with Crippen LogP contribution in [0.2, 0.25) is 0 Å². The molecular weight excluding hydrogens is 284 g/mol. The van der Waals surface area contributed by atoms with Crippen LogP contribution in [0.4, 0.5) is 0 Å². The fraction of sp³-hybridized carbons (Fsp3) is 1.00. The monoisotopic (exact) mass is 324 g/mol. The van der Waals surface area contributed by atoms with Crippen molar-refractivity contribution in [1.82, 2.24) is 0 Å². The molecule has 0 aromatic carbocycles. The maximum absolute atomic E-state index is 10.5. The number of aliphatic hydroxyl groups is 2. The molecule has 0 bridgehead atoms. The summed E-state index contributed by atoms with van der Waals surface area (Å²) in [5.74, 6) is 3.73. The fourth-order valence-electron chi connectivity index (χ4n) is 5.63. The van der Waals surface area contributed by atoms with E-state index in [4.69, 9.17) is 0 Å². The molecule has 2 N–H and O–H groups in total. The van der Waals surface area contributed by atoms with Gasteiger partial charge in [0.1, 0.15) is 0 Å². The summed E-state index contributed by atoms with van der Waals surface area (Å²) in [5, 5.41) is 20.8.